The maximum Gasteiger partial charge on any atom is 0.233 e. The molecule has 1 aromatic carbocycles. The number of likely N-dealkylation sites (tertiary alicyclic amines) is 1. The highest BCUT2D eigenvalue weighted by molar-refractivity contribution is 6.05. The van der Waals surface area contributed by atoms with Crippen LogP contribution in [0.5, 0.6) is 0 Å². The molecule has 3 rings (SSSR count). The van der Waals surface area contributed by atoms with Crippen LogP contribution in [0.2, 0.25) is 0 Å². The minimum Gasteiger partial charge on any atom is -0.399 e. The Bertz CT molecular complexity index is 528. The van der Waals surface area contributed by atoms with Crippen molar-refractivity contribution in [1.82, 2.24) is 4.90 Å². The van der Waals surface area contributed by atoms with Gasteiger partial charge in [-0.1, -0.05) is 19.1 Å². The number of anilines is 1. The van der Waals surface area contributed by atoms with E-state index in [9.17, 15) is 9.59 Å². The first kappa shape index (κ1) is 14.1. The van der Waals surface area contributed by atoms with Gasteiger partial charge in [0.05, 0.1) is 11.8 Å². The molecule has 0 aromatic heterocycles. The van der Waals surface area contributed by atoms with Crippen LogP contribution in [0.4, 0.5) is 5.69 Å². The number of nitrogens with zero attached hydrogens (tertiary/aromatic N) is 1. The van der Waals surface area contributed by atoms with Crippen molar-refractivity contribution in [3.63, 3.8) is 0 Å². The summed E-state index contributed by atoms with van der Waals surface area (Å²) < 4.78 is 0. The number of hydrogen-bond acceptors (Lipinski definition) is 3. The van der Waals surface area contributed by atoms with E-state index in [1.165, 1.54) is 10.5 Å². The molecule has 2 atom stereocenters. The lowest BCUT2D eigenvalue weighted by Gasteiger charge is -2.16. The van der Waals surface area contributed by atoms with E-state index in [0.29, 0.717) is 12.5 Å². The summed E-state index contributed by atoms with van der Waals surface area (Å²) >= 11 is 0. The third kappa shape index (κ3) is 2.67. The Kier molecular flexibility index (Phi) is 3.70. The van der Waals surface area contributed by atoms with Crippen molar-refractivity contribution in [3.8, 4) is 0 Å². The van der Waals surface area contributed by atoms with Crippen LogP contribution in [0.25, 0.3) is 0 Å². The van der Waals surface area contributed by atoms with Gasteiger partial charge in [0.25, 0.3) is 0 Å². The van der Waals surface area contributed by atoms with Crippen molar-refractivity contribution in [2.45, 2.75) is 32.6 Å². The molecule has 4 nitrogen and oxygen atoms in total. The summed E-state index contributed by atoms with van der Waals surface area (Å²) in [6, 6.07) is 7.76. The number of carbonyl (C=O) groups is 2. The second-order valence-corrected chi connectivity index (χ2v) is 6.46. The van der Waals surface area contributed by atoms with Crippen molar-refractivity contribution in [2.75, 3.05) is 12.3 Å². The van der Waals surface area contributed by atoms with Gasteiger partial charge < -0.3 is 5.73 Å². The van der Waals surface area contributed by atoms with Gasteiger partial charge in [-0.25, -0.2) is 0 Å². The number of fused-ring (bicyclic) bond motifs is 1. The topological polar surface area (TPSA) is 63.4 Å². The van der Waals surface area contributed by atoms with Gasteiger partial charge in [-0.3, -0.25) is 14.5 Å². The van der Waals surface area contributed by atoms with Gasteiger partial charge in [-0.05, 0) is 49.3 Å². The van der Waals surface area contributed by atoms with E-state index in [1.54, 1.807) is 0 Å². The molecule has 2 fully saturated rings. The van der Waals surface area contributed by atoms with E-state index in [4.69, 9.17) is 5.73 Å². The number of amides is 2. The molecule has 1 aliphatic carbocycles. The van der Waals surface area contributed by atoms with Crippen LogP contribution in [0.1, 0.15) is 31.7 Å². The zero-order valence-electron chi connectivity index (χ0n) is 12.4. The first-order valence-electron chi connectivity index (χ1n) is 7.76. The summed E-state index contributed by atoms with van der Waals surface area (Å²) in [7, 11) is 0. The highest BCUT2D eigenvalue weighted by Crippen LogP contribution is 2.42. The summed E-state index contributed by atoms with van der Waals surface area (Å²) in [5.41, 5.74) is 7.60. The van der Waals surface area contributed by atoms with Crippen molar-refractivity contribution >= 4 is 17.5 Å². The summed E-state index contributed by atoms with van der Waals surface area (Å²) in [5, 5.41) is 0. The van der Waals surface area contributed by atoms with Gasteiger partial charge in [-0.15, -0.1) is 0 Å². The molecule has 112 valence electrons. The largest absolute Gasteiger partial charge is 0.399 e. The van der Waals surface area contributed by atoms with E-state index in [1.807, 2.05) is 24.3 Å². The van der Waals surface area contributed by atoms with Crippen LogP contribution in [-0.2, 0) is 16.0 Å². The van der Waals surface area contributed by atoms with Gasteiger partial charge in [0.15, 0.2) is 0 Å². The Morgan fingerprint density at radius 3 is 2.24 bits per heavy atom. The van der Waals surface area contributed by atoms with Crippen LogP contribution in [0.15, 0.2) is 24.3 Å². The lowest BCUT2D eigenvalue weighted by molar-refractivity contribution is -0.140. The molecule has 1 saturated carbocycles. The minimum atomic E-state index is -0.0379. The predicted octanol–water partition coefficient (Wildman–Crippen LogP) is 2.23. The van der Waals surface area contributed by atoms with E-state index < -0.39 is 0 Å². The summed E-state index contributed by atoms with van der Waals surface area (Å²) in [6.45, 7) is 2.67. The Labute approximate surface area is 125 Å². The Morgan fingerprint density at radius 2 is 1.67 bits per heavy atom. The SMILES string of the molecule is CC1CC2C(=O)N(CCCc3ccc(N)cc3)C(=O)C2C1. The number of benzene rings is 1. The monoisotopic (exact) mass is 286 g/mol. The van der Waals surface area contributed by atoms with Gasteiger partial charge in [0.1, 0.15) is 0 Å². The lowest BCUT2D eigenvalue weighted by atomic mass is 10.00. The number of rotatable bonds is 4. The third-order valence-corrected chi connectivity index (χ3v) is 4.79. The lowest BCUT2D eigenvalue weighted by Crippen LogP contribution is -2.33. The standard InChI is InChI=1S/C17H22N2O2/c1-11-9-14-15(10-11)17(21)19(16(14)20)8-2-3-12-4-6-13(18)7-5-12/h4-7,11,14-15H,2-3,8-10,18H2,1H3. The molecular weight excluding hydrogens is 264 g/mol. The maximum absolute atomic E-state index is 12.3. The zero-order valence-corrected chi connectivity index (χ0v) is 12.4. The van der Waals surface area contributed by atoms with Crippen LogP contribution < -0.4 is 5.73 Å². The first-order valence-corrected chi connectivity index (χ1v) is 7.76. The van der Waals surface area contributed by atoms with E-state index in [0.717, 1.165) is 31.4 Å². The number of carbonyl (C=O) groups excluding carboxylic acids is 2. The normalized spacial score (nSPS) is 28.2. The second kappa shape index (κ2) is 5.51. The average molecular weight is 286 g/mol. The van der Waals surface area contributed by atoms with Crippen LogP contribution in [0, 0.1) is 17.8 Å². The molecule has 0 bridgehead atoms. The number of hydrogen-bond donors (Lipinski definition) is 1. The highest BCUT2D eigenvalue weighted by atomic mass is 16.2. The molecule has 1 saturated heterocycles. The van der Waals surface area contributed by atoms with Crippen LogP contribution in [-0.4, -0.2) is 23.3 Å². The number of imide groups is 1. The van der Waals surface area contributed by atoms with E-state index in [-0.39, 0.29) is 23.7 Å². The smallest absolute Gasteiger partial charge is 0.233 e. The summed E-state index contributed by atoms with van der Waals surface area (Å²) in [4.78, 5) is 26.1. The second-order valence-electron chi connectivity index (χ2n) is 6.46. The fourth-order valence-electron chi connectivity index (χ4n) is 3.69. The fraction of sp³-hybridized carbons (Fsp3) is 0.529. The average Bonchev–Trinajstić information content (AvgIpc) is 2.94. The predicted molar refractivity (Wildman–Crippen MR) is 81.3 cm³/mol. The van der Waals surface area contributed by atoms with Gasteiger partial charge in [-0.2, -0.15) is 0 Å². The number of nitrogens with two attached hydrogens (primary N) is 1. The molecule has 2 aliphatic rings. The van der Waals surface area contributed by atoms with Crippen molar-refractivity contribution in [2.24, 2.45) is 17.8 Å². The number of aryl methyl sites for hydroxylation is 1. The van der Waals surface area contributed by atoms with E-state index >= 15 is 0 Å². The number of nitrogen functional groups attached to an aromatic ring is 1. The van der Waals surface area contributed by atoms with Gasteiger partial charge >= 0.3 is 0 Å². The molecule has 1 heterocycles. The molecule has 4 heteroatoms. The van der Waals surface area contributed by atoms with Crippen molar-refractivity contribution in [3.05, 3.63) is 29.8 Å². The molecule has 2 N–H and O–H groups in total. The molecule has 1 aliphatic heterocycles. The zero-order chi connectivity index (χ0) is 15.0. The third-order valence-electron chi connectivity index (χ3n) is 4.79. The Morgan fingerprint density at radius 1 is 1.10 bits per heavy atom. The van der Waals surface area contributed by atoms with Gasteiger partial charge in [0, 0.05) is 12.2 Å². The molecule has 1 aromatic rings. The Balaban J connectivity index is 1.55. The molecular formula is C17H22N2O2. The van der Waals surface area contributed by atoms with E-state index in [2.05, 4.69) is 6.92 Å². The molecule has 2 unspecified atom stereocenters. The summed E-state index contributed by atoms with van der Waals surface area (Å²) in [5.74, 6) is 0.552. The van der Waals surface area contributed by atoms with Crippen LogP contribution >= 0.6 is 0 Å². The maximum atomic E-state index is 12.3. The molecule has 0 radical (unpaired) electrons. The summed E-state index contributed by atoms with van der Waals surface area (Å²) in [6.07, 6.45) is 3.44. The van der Waals surface area contributed by atoms with Crippen molar-refractivity contribution < 1.29 is 9.59 Å². The quantitative estimate of drug-likeness (QED) is 0.682. The van der Waals surface area contributed by atoms with Crippen LogP contribution in [0.3, 0.4) is 0 Å². The molecule has 0 spiro atoms. The first-order chi connectivity index (χ1) is 10.1. The minimum absolute atomic E-state index is 0.0379. The Hall–Kier alpha value is -1.84. The fourth-order valence-corrected chi connectivity index (χ4v) is 3.69. The highest BCUT2D eigenvalue weighted by Gasteiger charge is 2.51. The molecule has 21 heavy (non-hydrogen) atoms. The van der Waals surface area contributed by atoms with Gasteiger partial charge in [0.2, 0.25) is 11.8 Å². The molecule has 2 amide bonds. The van der Waals surface area contributed by atoms with Crippen molar-refractivity contribution in [1.29, 1.82) is 0 Å².